The number of carbonyl (C=O) groups excluding carboxylic acids is 2. The summed E-state index contributed by atoms with van der Waals surface area (Å²) in [6.07, 6.45) is 8.93. The predicted octanol–water partition coefficient (Wildman–Crippen LogP) is 3.25. The number of furan rings is 1. The van der Waals surface area contributed by atoms with Crippen molar-refractivity contribution in [2.75, 3.05) is 31.5 Å². The Balaban J connectivity index is 1.21. The summed E-state index contributed by atoms with van der Waals surface area (Å²) in [7, 11) is 0. The van der Waals surface area contributed by atoms with Gasteiger partial charge in [0.2, 0.25) is 0 Å². The molecule has 2 fully saturated rings. The van der Waals surface area contributed by atoms with Gasteiger partial charge in [-0.1, -0.05) is 6.07 Å². The lowest BCUT2D eigenvalue weighted by molar-refractivity contribution is 0.0950. The second-order valence-corrected chi connectivity index (χ2v) is 8.73. The van der Waals surface area contributed by atoms with E-state index in [1.54, 1.807) is 36.9 Å². The fourth-order valence-corrected chi connectivity index (χ4v) is 4.43. The summed E-state index contributed by atoms with van der Waals surface area (Å²) in [6, 6.07) is 9.01. The number of rotatable bonds is 5. The summed E-state index contributed by atoms with van der Waals surface area (Å²) in [5.41, 5.74) is 2.48. The van der Waals surface area contributed by atoms with Crippen LogP contribution in [0.15, 0.2) is 59.5 Å². The number of likely N-dealkylation sites (tertiary alicyclic amines) is 2. The average molecular weight is 473 g/mol. The first-order valence-corrected chi connectivity index (χ1v) is 11.6. The molecule has 4 aromatic heterocycles. The number of carbonyl (C=O) groups is 2. The van der Waals surface area contributed by atoms with Gasteiger partial charge in [0.15, 0.2) is 5.76 Å². The molecule has 0 saturated carbocycles. The minimum absolute atomic E-state index is 0.0333. The SMILES string of the molecule is O=C(Nc1cn(C2CN(C(=O)N3CCCC3)C2)nc1-c1ccccn1)c1ccc(-c2cn[nH]c2)o1. The van der Waals surface area contributed by atoms with E-state index >= 15 is 0 Å². The van der Waals surface area contributed by atoms with Crippen molar-refractivity contribution < 1.29 is 14.0 Å². The van der Waals surface area contributed by atoms with Crippen molar-refractivity contribution in [3.8, 4) is 22.7 Å². The number of pyridine rings is 1. The Morgan fingerprint density at radius 1 is 1.09 bits per heavy atom. The van der Waals surface area contributed by atoms with Crippen LogP contribution < -0.4 is 5.32 Å². The first-order valence-electron chi connectivity index (χ1n) is 11.6. The van der Waals surface area contributed by atoms with Crippen LogP contribution in [0.25, 0.3) is 22.7 Å². The van der Waals surface area contributed by atoms with Crippen LogP contribution in [0.4, 0.5) is 10.5 Å². The molecule has 178 valence electrons. The van der Waals surface area contributed by atoms with Crippen LogP contribution in [0.2, 0.25) is 0 Å². The Bertz CT molecular complexity index is 1330. The van der Waals surface area contributed by atoms with E-state index in [9.17, 15) is 9.59 Å². The number of hydrogen-bond acceptors (Lipinski definition) is 6. The van der Waals surface area contributed by atoms with Crippen LogP contribution in [-0.4, -0.2) is 72.9 Å². The highest BCUT2D eigenvalue weighted by molar-refractivity contribution is 6.04. The van der Waals surface area contributed by atoms with Gasteiger partial charge in [0.1, 0.15) is 11.5 Å². The van der Waals surface area contributed by atoms with Crippen LogP contribution in [0.1, 0.15) is 29.4 Å². The number of nitrogens with zero attached hydrogens (tertiary/aromatic N) is 6. The van der Waals surface area contributed by atoms with Gasteiger partial charge in [-0.05, 0) is 37.1 Å². The zero-order valence-corrected chi connectivity index (χ0v) is 18.9. The number of urea groups is 1. The van der Waals surface area contributed by atoms with Crippen molar-refractivity contribution in [3.05, 3.63) is 60.9 Å². The van der Waals surface area contributed by atoms with Gasteiger partial charge in [-0.3, -0.25) is 19.6 Å². The van der Waals surface area contributed by atoms with E-state index in [2.05, 4.69) is 20.5 Å². The highest BCUT2D eigenvalue weighted by Gasteiger charge is 2.36. The van der Waals surface area contributed by atoms with Crippen molar-refractivity contribution in [1.29, 1.82) is 0 Å². The maximum atomic E-state index is 13.0. The fourth-order valence-electron chi connectivity index (χ4n) is 4.43. The van der Waals surface area contributed by atoms with Crippen LogP contribution in [0.5, 0.6) is 0 Å². The highest BCUT2D eigenvalue weighted by Crippen LogP contribution is 2.31. The minimum Gasteiger partial charge on any atom is -0.451 e. The number of anilines is 1. The number of aromatic nitrogens is 5. The van der Waals surface area contributed by atoms with Gasteiger partial charge in [-0.2, -0.15) is 10.2 Å². The van der Waals surface area contributed by atoms with E-state index < -0.39 is 5.91 Å². The molecule has 2 aliphatic heterocycles. The Morgan fingerprint density at radius 2 is 1.94 bits per heavy atom. The molecular weight excluding hydrogens is 448 g/mol. The topological polar surface area (TPSA) is 125 Å². The van der Waals surface area contributed by atoms with Gasteiger partial charge in [0, 0.05) is 44.8 Å². The highest BCUT2D eigenvalue weighted by atomic mass is 16.4. The molecule has 11 heteroatoms. The first-order chi connectivity index (χ1) is 17.2. The summed E-state index contributed by atoms with van der Waals surface area (Å²) >= 11 is 0. The molecule has 2 saturated heterocycles. The molecule has 6 rings (SSSR count). The lowest BCUT2D eigenvalue weighted by atomic mass is 10.1. The lowest BCUT2D eigenvalue weighted by Crippen LogP contribution is -2.54. The molecule has 0 radical (unpaired) electrons. The monoisotopic (exact) mass is 472 g/mol. The van der Waals surface area contributed by atoms with E-state index in [0.717, 1.165) is 31.5 Å². The Labute approximate surface area is 200 Å². The zero-order valence-electron chi connectivity index (χ0n) is 18.9. The maximum absolute atomic E-state index is 13.0. The van der Waals surface area contributed by atoms with Gasteiger partial charge in [-0.25, -0.2) is 4.79 Å². The van der Waals surface area contributed by atoms with Crippen molar-refractivity contribution in [2.45, 2.75) is 18.9 Å². The minimum atomic E-state index is -0.393. The fraction of sp³-hybridized carbons (Fsp3) is 0.292. The Hall–Kier alpha value is -4.41. The largest absolute Gasteiger partial charge is 0.451 e. The third-order valence-electron chi connectivity index (χ3n) is 6.38. The summed E-state index contributed by atoms with van der Waals surface area (Å²) in [5.74, 6) is 0.324. The second kappa shape index (κ2) is 8.75. The molecular formula is C24H24N8O3. The van der Waals surface area contributed by atoms with E-state index in [4.69, 9.17) is 9.52 Å². The summed E-state index contributed by atoms with van der Waals surface area (Å²) in [4.78, 5) is 33.8. The number of hydrogen-bond donors (Lipinski definition) is 2. The van der Waals surface area contributed by atoms with Crippen LogP contribution in [0, 0.1) is 0 Å². The predicted molar refractivity (Wildman–Crippen MR) is 127 cm³/mol. The van der Waals surface area contributed by atoms with Gasteiger partial charge in [0.25, 0.3) is 5.91 Å². The smallest absolute Gasteiger partial charge is 0.320 e. The van der Waals surface area contributed by atoms with E-state index in [1.807, 2.05) is 32.7 Å². The van der Waals surface area contributed by atoms with Crippen LogP contribution >= 0.6 is 0 Å². The van der Waals surface area contributed by atoms with Crippen LogP contribution in [-0.2, 0) is 0 Å². The summed E-state index contributed by atoms with van der Waals surface area (Å²) in [5, 5.41) is 14.3. The second-order valence-electron chi connectivity index (χ2n) is 8.73. The first kappa shape index (κ1) is 21.1. The molecule has 0 unspecified atom stereocenters. The number of amides is 3. The Kier molecular flexibility index (Phi) is 5.28. The molecule has 0 spiro atoms. The molecule has 6 heterocycles. The molecule has 2 N–H and O–H groups in total. The van der Waals surface area contributed by atoms with E-state index in [-0.39, 0.29) is 17.8 Å². The van der Waals surface area contributed by atoms with E-state index in [0.29, 0.717) is 35.9 Å². The standard InChI is InChI=1S/C24H24N8O3/c33-23(21-7-6-20(35-21)16-11-26-27-12-16)28-19-15-32(29-22(19)18-5-1-2-8-25-18)17-13-31(14-17)24(34)30-9-3-4-10-30/h1-2,5-8,11-12,15,17H,3-4,9-10,13-14H2,(H,26,27)(H,28,33). The molecule has 0 aliphatic carbocycles. The molecule has 4 aromatic rings. The number of aromatic amines is 1. The summed E-state index contributed by atoms with van der Waals surface area (Å²) in [6.45, 7) is 2.82. The van der Waals surface area contributed by atoms with Gasteiger partial charge < -0.3 is 19.5 Å². The van der Waals surface area contributed by atoms with Crippen molar-refractivity contribution in [3.63, 3.8) is 0 Å². The third-order valence-corrected chi connectivity index (χ3v) is 6.38. The van der Waals surface area contributed by atoms with E-state index in [1.165, 1.54) is 0 Å². The van der Waals surface area contributed by atoms with Gasteiger partial charge in [-0.15, -0.1) is 0 Å². The van der Waals surface area contributed by atoms with Crippen molar-refractivity contribution in [2.24, 2.45) is 0 Å². The quantitative estimate of drug-likeness (QED) is 0.459. The molecule has 3 amide bonds. The molecule has 35 heavy (non-hydrogen) atoms. The van der Waals surface area contributed by atoms with Crippen molar-refractivity contribution in [1.82, 2.24) is 34.8 Å². The molecule has 2 aliphatic rings. The molecule has 0 bridgehead atoms. The van der Waals surface area contributed by atoms with Crippen molar-refractivity contribution >= 4 is 17.6 Å². The molecule has 0 aromatic carbocycles. The molecule has 0 atom stereocenters. The normalized spacial score (nSPS) is 15.9. The Morgan fingerprint density at radius 3 is 2.69 bits per heavy atom. The number of nitrogens with one attached hydrogen (secondary N) is 2. The van der Waals surface area contributed by atoms with Crippen LogP contribution in [0.3, 0.4) is 0 Å². The van der Waals surface area contributed by atoms with Gasteiger partial charge >= 0.3 is 6.03 Å². The maximum Gasteiger partial charge on any atom is 0.320 e. The lowest BCUT2D eigenvalue weighted by Gasteiger charge is -2.41. The third kappa shape index (κ3) is 4.05. The number of H-pyrrole nitrogens is 1. The zero-order chi connectivity index (χ0) is 23.8. The van der Waals surface area contributed by atoms with Gasteiger partial charge in [0.05, 0.1) is 29.2 Å². The average Bonchev–Trinajstić information content (AvgIpc) is 3.65. The molecule has 11 nitrogen and oxygen atoms in total. The summed E-state index contributed by atoms with van der Waals surface area (Å²) < 4.78 is 7.53.